The maximum atomic E-state index is 12.8. The van der Waals surface area contributed by atoms with Gasteiger partial charge in [0.05, 0.1) is 29.2 Å². The van der Waals surface area contributed by atoms with Crippen LogP contribution in [0.3, 0.4) is 0 Å². The highest BCUT2D eigenvalue weighted by Gasteiger charge is 2.30. The second-order valence-electron chi connectivity index (χ2n) is 5.19. The molecule has 0 amide bonds. The second-order valence-corrected chi connectivity index (χ2v) is 7.09. The van der Waals surface area contributed by atoms with Crippen molar-refractivity contribution < 1.29 is 8.42 Å². The van der Waals surface area contributed by atoms with Crippen LogP contribution in [0.15, 0.2) is 29.4 Å². The summed E-state index contributed by atoms with van der Waals surface area (Å²) in [6, 6.07) is 5.53. The fourth-order valence-electron chi connectivity index (χ4n) is 2.52. The number of imidazole rings is 1. The lowest BCUT2D eigenvalue weighted by Crippen LogP contribution is -2.36. The third-order valence-corrected chi connectivity index (χ3v) is 5.69. The predicted molar refractivity (Wildman–Crippen MR) is 75.8 cm³/mol. The summed E-state index contributed by atoms with van der Waals surface area (Å²) in [7, 11) is -3.45. The second kappa shape index (κ2) is 4.71. The summed E-state index contributed by atoms with van der Waals surface area (Å²) in [6.45, 7) is 4.58. The van der Waals surface area contributed by atoms with Gasteiger partial charge >= 0.3 is 0 Å². The van der Waals surface area contributed by atoms with E-state index in [1.807, 2.05) is 26.0 Å². The minimum absolute atomic E-state index is 0.366. The van der Waals surface area contributed by atoms with Crippen molar-refractivity contribution in [3.63, 3.8) is 0 Å². The average Bonchev–Trinajstić information content (AvgIpc) is 2.88. The Labute approximate surface area is 118 Å². The van der Waals surface area contributed by atoms with E-state index in [4.69, 9.17) is 0 Å². The first-order valence-corrected chi connectivity index (χ1v) is 8.01. The van der Waals surface area contributed by atoms with E-state index < -0.39 is 10.0 Å². The molecule has 1 aromatic heterocycles. The van der Waals surface area contributed by atoms with Crippen molar-refractivity contribution in [3.05, 3.63) is 47.0 Å². The summed E-state index contributed by atoms with van der Waals surface area (Å²) in [6.07, 6.45) is 2.28. The van der Waals surface area contributed by atoms with E-state index in [-0.39, 0.29) is 0 Å². The van der Waals surface area contributed by atoms with E-state index >= 15 is 0 Å². The molecule has 0 saturated heterocycles. The standard InChI is InChI=1S/C14H17N3O2S/c1-10-3-4-11(2)14(7-10)20(18,19)17-6-5-12-13(8-17)16-9-15-12/h3-4,7,9H,5-6,8H2,1-2H3,(H,15,16). The highest BCUT2D eigenvalue weighted by Crippen LogP contribution is 2.25. The third-order valence-electron chi connectivity index (χ3n) is 3.70. The van der Waals surface area contributed by atoms with Gasteiger partial charge in [-0.25, -0.2) is 13.4 Å². The molecule has 5 nitrogen and oxygen atoms in total. The quantitative estimate of drug-likeness (QED) is 0.917. The Morgan fingerprint density at radius 3 is 2.90 bits per heavy atom. The van der Waals surface area contributed by atoms with Gasteiger partial charge in [0.15, 0.2) is 0 Å². The summed E-state index contributed by atoms with van der Waals surface area (Å²) >= 11 is 0. The van der Waals surface area contributed by atoms with Gasteiger partial charge in [-0.3, -0.25) is 0 Å². The minimum atomic E-state index is -3.45. The monoisotopic (exact) mass is 291 g/mol. The van der Waals surface area contributed by atoms with Crippen molar-refractivity contribution in [1.29, 1.82) is 0 Å². The van der Waals surface area contributed by atoms with Crippen LogP contribution >= 0.6 is 0 Å². The first-order chi connectivity index (χ1) is 9.48. The topological polar surface area (TPSA) is 66.1 Å². The summed E-state index contributed by atoms with van der Waals surface area (Å²) < 4.78 is 27.1. The molecule has 3 rings (SSSR count). The number of aryl methyl sites for hydroxylation is 2. The molecule has 0 radical (unpaired) electrons. The SMILES string of the molecule is Cc1ccc(C)c(S(=O)(=O)N2CCc3nc[nH]c3C2)c1. The molecule has 0 aliphatic carbocycles. The Hall–Kier alpha value is -1.66. The summed E-state index contributed by atoms with van der Waals surface area (Å²) in [4.78, 5) is 7.62. The van der Waals surface area contributed by atoms with Gasteiger partial charge in [-0.1, -0.05) is 12.1 Å². The maximum Gasteiger partial charge on any atom is 0.243 e. The molecule has 1 aliphatic heterocycles. The molecule has 0 atom stereocenters. The van der Waals surface area contributed by atoms with Gasteiger partial charge in [-0.2, -0.15) is 4.31 Å². The summed E-state index contributed by atoms with van der Waals surface area (Å²) in [5.74, 6) is 0. The Balaban J connectivity index is 1.99. The van der Waals surface area contributed by atoms with Crippen molar-refractivity contribution in [1.82, 2.24) is 14.3 Å². The van der Waals surface area contributed by atoms with E-state index in [2.05, 4.69) is 9.97 Å². The number of aromatic nitrogens is 2. The number of hydrogen-bond donors (Lipinski definition) is 1. The van der Waals surface area contributed by atoms with E-state index in [1.54, 1.807) is 12.4 Å². The van der Waals surface area contributed by atoms with Crippen LogP contribution in [0.5, 0.6) is 0 Å². The number of rotatable bonds is 2. The Morgan fingerprint density at radius 2 is 2.10 bits per heavy atom. The molecule has 6 heteroatoms. The molecule has 1 aromatic carbocycles. The van der Waals surface area contributed by atoms with Crippen molar-refractivity contribution >= 4 is 10.0 Å². The summed E-state index contributed by atoms with van der Waals surface area (Å²) in [5.41, 5.74) is 3.60. The van der Waals surface area contributed by atoms with Gasteiger partial charge in [0.1, 0.15) is 0 Å². The fourth-order valence-corrected chi connectivity index (χ4v) is 4.24. The lowest BCUT2D eigenvalue weighted by Gasteiger charge is -2.26. The first-order valence-electron chi connectivity index (χ1n) is 6.57. The maximum absolute atomic E-state index is 12.8. The van der Waals surface area contributed by atoms with Crippen molar-refractivity contribution in [3.8, 4) is 0 Å². The van der Waals surface area contributed by atoms with Gasteiger partial charge in [0, 0.05) is 13.0 Å². The zero-order valence-electron chi connectivity index (χ0n) is 11.5. The van der Waals surface area contributed by atoms with Crippen LogP contribution in [0.25, 0.3) is 0 Å². The number of H-pyrrole nitrogens is 1. The number of hydrogen-bond acceptors (Lipinski definition) is 3. The van der Waals surface area contributed by atoms with Gasteiger partial charge in [-0.15, -0.1) is 0 Å². The van der Waals surface area contributed by atoms with Crippen molar-refractivity contribution in [2.24, 2.45) is 0 Å². The predicted octanol–water partition coefficient (Wildman–Crippen LogP) is 1.77. The Bertz CT molecular complexity index is 750. The highest BCUT2D eigenvalue weighted by atomic mass is 32.2. The van der Waals surface area contributed by atoms with Gasteiger partial charge < -0.3 is 4.98 Å². The van der Waals surface area contributed by atoms with E-state index in [0.717, 1.165) is 22.5 Å². The Morgan fingerprint density at radius 1 is 1.30 bits per heavy atom. The van der Waals surface area contributed by atoms with E-state index in [0.29, 0.717) is 24.4 Å². The molecule has 1 aliphatic rings. The molecular weight excluding hydrogens is 274 g/mol. The third kappa shape index (κ3) is 2.14. The van der Waals surface area contributed by atoms with Gasteiger partial charge in [-0.05, 0) is 31.0 Å². The molecule has 0 bridgehead atoms. The normalized spacial score (nSPS) is 16.1. The molecule has 0 unspecified atom stereocenters. The van der Waals surface area contributed by atoms with Gasteiger partial charge in [0.25, 0.3) is 0 Å². The molecule has 0 fully saturated rings. The number of fused-ring (bicyclic) bond motifs is 1. The van der Waals surface area contributed by atoms with Crippen LogP contribution in [0.1, 0.15) is 22.5 Å². The zero-order valence-corrected chi connectivity index (χ0v) is 12.4. The zero-order chi connectivity index (χ0) is 14.3. The van der Waals surface area contributed by atoms with Crippen LogP contribution in [0, 0.1) is 13.8 Å². The van der Waals surface area contributed by atoms with Crippen molar-refractivity contribution in [2.45, 2.75) is 31.7 Å². The summed E-state index contributed by atoms with van der Waals surface area (Å²) in [5, 5.41) is 0. The molecule has 106 valence electrons. The lowest BCUT2D eigenvalue weighted by molar-refractivity contribution is 0.385. The minimum Gasteiger partial charge on any atom is -0.347 e. The molecule has 0 saturated carbocycles. The Kier molecular flexibility index (Phi) is 3.14. The van der Waals surface area contributed by atoms with Crippen LogP contribution < -0.4 is 0 Å². The van der Waals surface area contributed by atoms with Gasteiger partial charge in [0.2, 0.25) is 10.0 Å². The van der Waals surface area contributed by atoms with E-state index in [9.17, 15) is 8.42 Å². The van der Waals surface area contributed by atoms with E-state index in [1.165, 1.54) is 4.31 Å². The molecular formula is C14H17N3O2S. The van der Waals surface area contributed by atoms with Crippen LogP contribution in [-0.4, -0.2) is 29.2 Å². The van der Waals surface area contributed by atoms with Crippen molar-refractivity contribution in [2.75, 3.05) is 6.54 Å². The molecule has 2 aromatic rings. The van der Waals surface area contributed by atoms with Crippen LogP contribution in [-0.2, 0) is 23.0 Å². The molecule has 20 heavy (non-hydrogen) atoms. The number of nitrogens with zero attached hydrogens (tertiary/aromatic N) is 2. The average molecular weight is 291 g/mol. The molecule has 0 spiro atoms. The highest BCUT2D eigenvalue weighted by molar-refractivity contribution is 7.89. The number of sulfonamides is 1. The number of nitrogens with one attached hydrogen (secondary N) is 1. The largest absolute Gasteiger partial charge is 0.347 e. The lowest BCUT2D eigenvalue weighted by atomic mass is 10.2. The number of aromatic amines is 1. The fraction of sp³-hybridized carbons (Fsp3) is 0.357. The molecule has 2 heterocycles. The van der Waals surface area contributed by atoms with Crippen LogP contribution in [0.2, 0.25) is 0 Å². The first kappa shape index (κ1) is 13.3. The number of benzene rings is 1. The molecule has 1 N–H and O–H groups in total. The smallest absolute Gasteiger partial charge is 0.243 e. The van der Waals surface area contributed by atoms with Crippen LogP contribution in [0.4, 0.5) is 0 Å².